The van der Waals surface area contributed by atoms with E-state index in [9.17, 15) is 26.0 Å². The summed E-state index contributed by atoms with van der Waals surface area (Å²) in [5.74, 6) is -0.434. The highest BCUT2D eigenvalue weighted by Gasteiger charge is 2.35. The molecule has 0 atom stereocenters. The Morgan fingerprint density at radius 3 is 2.38 bits per heavy atom. The summed E-state index contributed by atoms with van der Waals surface area (Å²) in [5.41, 5.74) is 0.312. The van der Waals surface area contributed by atoms with Crippen LogP contribution in [0, 0.1) is 5.82 Å². The highest BCUT2D eigenvalue weighted by Crippen LogP contribution is 2.35. The fraction of sp³-hybridized carbons (Fsp3) is 0.286. The van der Waals surface area contributed by atoms with E-state index in [0.717, 1.165) is 16.4 Å². The first-order valence-electron chi connectivity index (χ1n) is 9.95. The fourth-order valence-corrected chi connectivity index (χ4v) is 6.63. The molecule has 2 heterocycles. The first-order chi connectivity index (χ1) is 15.9. The predicted molar refractivity (Wildman–Crippen MR) is 124 cm³/mol. The van der Waals surface area contributed by atoms with Gasteiger partial charge in [-0.2, -0.15) is 17.5 Å². The Labute approximate surface area is 207 Å². The molecule has 182 valence electrons. The molecule has 0 unspecified atom stereocenters. The molecule has 0 N–H and O–H groups in total. The zero-order chi connectivity index (χ0) is 24.7. The van der Waals surface area contributed by atoms with Crippen molar-refractivity contribution in [3.8, 4) is 0 Å². The van der Waals surface area contributed by atoms with Gasteiger partial charge in [-0.25, -0.2) is 17.8 Å². The van der Waals surface area contributed by atoms with Crippen LogP contribution in [0.3, 0.4) is 0 Å². The number of alkyl halides is 3. The topological polar surface area (TPSA) is 53.5 Å². The summed E-state index contributed by atoms with van der Waals surface area (Å²) < 4.78 is 79.8. The second-order valence-electron chi connectivity index (χ2n) is 7.61. The SMILES string of the molecule is O=S(=O)(c1cc(C(F)(F)F)ccc1Cl)N1CCN(c2nc(Cc3cc(F)cc(Cl)c3)cs2)CC1. The molecule has 3 aromatic rings. The zero-order valence-electron chi connectivity index (χ0n) is 17.3. The third kappa shape index (κ3) is 5.49. The van der Waals surface area contributed by atoms with Gasteiger partial charge in [0.25, 0.3) is 0 Å². The molecule has 2 aromatic carbocycles. The van der Waals surface area contributed by atoms with Crippen LogP contribution in [-0.4, -0.2) is 43.9 Å². The Morgan fingerprint density at radius 1 is 1.03 bits per heavy atom. The van der Waals surface area contributed by atoms with E-state index >= 15 is 0 Å². The Morgan fingerprint density at radius 2 is 1.74 bits per heavy atom. The Balaban J connectivity index is 1.45. The zero-order valence-corrected chi connectivity index (χ0v) is 20.5. The van der Waals surface area contributed by atoms with Crippen LogP contribution >= 0.6 is 34.5 Å². The number of piperazine rings is 1. The standard InChI is InChI=1S/C21H17Cl2F4N3O2S2/c22-15-7-13(8-16(24)11-15)9-17-12-33-20(28-17)29-3-5-30(6-4-29)34(31,32)19-10-14(21(25,26)27)1-2-18(19)23/h1-2,7-8,10-12H,3-6,9H2. The highest BCUT2D eigenvalue weighted by molar-refractivity contribution is 7.89. The molecule has 1 aliphatic heterocycles. The van der Waals surface area contributed by atoms with E-state index in [1.165, 1.54) is 23.5 Å². The summed E-state index contributed by atoms with van der Waals surface area (Å²) in [6.07, 6.45) is -4.30. The van der Waals surface area contributed by atoms with Gasteiger partial charge in [0.05, 0.1) is 16.3 Å². The highest BCUT2D eigenvalue weighted by atomic mass is 35.5. The molecule has 34 heavy (non-hydrogen) atoms. The minimum atomic E-state index is -4.69. The molecule has 1 saturated heterocycles. The van der Waals surface area contributed by atoms with Gasteiger partial charge < -0.3 is 4.90 Å². The van der Waals surface area contributed by atoms with Gasteiger partial charge in [-0.15, -0.1) is 11.3 Å². The van der Waals surface area contributed by atoms with E-state index in [1.54, 1.807) is 6.07 Å². The van der Waals surface area contributed by atoms with Crippen molar-refractivity contribution in [2.24, 2.45) is 0 Å². The molecular weight excluding hydrogens is 537 g/mol. The lowest BCUT2D eigenvalue weighted by molar-refractivity contribution is -0.137. The van der Waals surface area contributed by atoms with Gasteiger partial charge in [-0.3, -0.25) is 0 Å². The molecule has 5 nitrogen and oxygen atoms in total. The van der Waals surface area contributed by atoms with Gasteiger partial charge in [0.2, 0.25) is 10.0 Å². The number of nitrogens with zero attached hydrogens (tertiary/aromatic N) is 3. The number of thiazole rings is 1. The Bertz CT molecular complexity index is 1290. The maximum absolute atomic E-state index is 13.6. The number of hydrogen-bond donors (Lipinski definition) is 0. The van der Waals surface area contributed by atoms with Crippen molar-refractivity contribution in [2.75, 3.05) is 31.1 Å². The van der Waals surface area contributed by atoms with Crippen molar-refractivity contribution in [3.05, 3.63) is 74.5 Å². The number of anilines is 1. The maximum atomic E-state index is 13.6. The number of benzene rings is 2. The Hall–Kier alpha value is -1.92. The van der Waals surface area contributed by atoms with Crippen LogP contribution < -0.4 is 4.90 Å². The first-order valence-corrected chi connectivity index (χ1v) is 13.0. The molecule has 0 aliphatic carbocycles. The van der Waals surface area contributed by atoms with Gasteiger partial charge in [0.1, 0.15) is 10.7 Å². The summed E-state index contributed by atoms with van der Waals surface area (Å²) in [6.45, 7) is 0.718. The van der Waals surface area contributed by atoms with Gasteiger partial charge in [0, 0.05) is 43.0 Å². The number of rotatable bonds is 5. The van der Waals surface area contributed by atoms with Crippen LogP contribution in [0.15, 0.2) is 46.7 Å². The normalized spacial score (nSPS) is 15.6. The van der Waals surface area contributed by atoms with Crippen molar-refractivity contribution in [1.82, 2.24) is 9.29 Å². The summed E-state index contributed by atoms with van der Waals surface area (Å²) in [7, 11) is -4.22. The van der Waals surface area contributed by atoms with Crippen LogP contribution in [0.2, 0.25) is 10.0 Å². The molecule has 0 bridgehead atoms. The van der Waals surface area contributed by atoms with E-state index in [1.807, 2.05) is 10.3 Å². The molecular formula is C21H17Cl2F4N3O2S2. The molecule has 1 aromatic heterocycles. The average molecular weight is 554 g/mol. The number of aromatic nitrogens is 1. The second kappa shape index (κ2) is 9.62. The predicted octanol–water partition coefficient (Wildman–Crippen LogP) is 5.71. The van der Waals surface area contributed by atoms with E-state index in [0.29, 0.717) is 47.0 Å². The number of hydrogen-bond acceptors (Lipinski definition) is 5. The average Bonchev–Trinajstić information content (AvgIpc) is 3.21. The number of halogens is 6. The molecule has 0 spiro atoms. The van der Waals surface area contributed by atoms with Gasteiger partial charge >= 0.3 is 6.18 Å². The van der Waals surface area contributed by atoms with Crippen LogP contribution in [0.4, 0.5) is 22.7 Å². The summed E-state index contributed by atoms with van der Waals surface area (Å²) in [5, 5.41) is 2.53. The van der Waals surface area contributed by atoms with E-state index in [2.05, 4.69) is 4.98 Å². The van der Waals surface area contributed by atoms with Crippen LogP contribution in [0.1, 0.15) is 16.8 Å². The molecule has 1 fully saturated rings. The third-order valence-electron chi connectivity index (χ3n) is 5.23. The van der Waals surface area contributed by atoms with Crippen LogP contribution in [0.5, 0.6) is 0 Å². The number of sulfonamides is 1. The Kier molecular flexibility index (Phi) is 7.12. The summed E-state index contributed by atoms with van der Waals surface area (Å²) in [4.78, 5) is 5.88. The van der Waals surface area contributed by atoms with Crippen molar-refractivity contribution in [2.45, 2.75) is 17.5 Å². The molecule has 4 rings (SSSR count). The van der Waals surface area contributed by atoms with Crippen molar-refractivity contribution >= 4 is 49.7 Å². The lowest BCUT2D eigenvalue weighted by atomic mass is 10.1. The molecule has 0 amide bonds. The molecule has 0 saturated carbocycles. The van der Waals surface area contributed by atoms with Gasteiger partial charge in [0.15, 0.2) is 5.13 Å². The largest absolute Gasteiger partial charge is 0.416 e. The van der Waals surface area contributed by atoms with E-state index in [4.69, 9.17) is 23.2 Å². The molecule has 1 aliphatic rings. The van der Waals surface area contributed by atoms with Crippen molar-refractivity contribution in [1.29, 1.82) is 0 Å². The van der Waals surface area contributed by atoms with E-state index < -0.39 is 32.5 Å². The minimum Gasteiger partial charge on any atom is -0.345 e. The lowest BCUT2D eigenvalue weighted by Gasteiger charge is -2.34. The maximum Gasteiger partial charge on any atom is 0.416 e. The minimum absolute atomic E-state index is 0.0589. The summed E-state index contributed by atoms with van der Waals surface area (Å²) >= 11 is 13.2. The van der Waals surface area contributed by atoms with Crippen LogP contribution in [0.25, 0.3) is 0 Å². The van der Waals surface area contributed by atoms with Gasteiger partial charge in [-0.1, -0.05) is 23.2 Å². The molecule has 13 heteroatoms. The fourth-order valence-electron chi connectivity index (χ4n) is 3.58. The monoisotopic (exact) mass is 553 g/mol. The second-order valence-corrected chi connectivity index (χ2v) is 11.2. The lowest BCUT2D eigenvalue weighted by Crippen LogP contribution is -2.48. The quantitative estimate of drug-likeness (QED) is 0.380. The van der Waals surface area contributed by atoms with Gasteiger partial charge in [-0.05, 0) is 42.0 Å². The third-order valence-corrected chi connectivity index (χ3v) is 8.78. The van der Waals surface area contributed by atoms with Crippen LogP contribution in [-0.2, 0) is 22.6 Å². The van der Waals surface area contributed by atoms with Crippen molar-refractivity contribution < 1.29 is 26.0 Å². The van der Waals surface area contributed by atoms with Crippen molar-refractivity contribution in [3.63, 3.8) is 0 Å². The molecule has 0 radical (unpaired) electrons. The smallest absolute Gasteiger partial charge is 0.345 e. The summed E-state index contributed by atoms with van der Waals surface area (Å²) in [6, 6.07) is 6.51. The van der Waals surface area contributed by atoms with E-state index in [-0.39, 0.29) is 18.1 Å². The first kappa shape index (κ1) is 25.2.